The number of nitrogens with zero attached hydrogens (tertiary/aromatic N) is 12. The number of phenols is 2. The van der Waals surface area contributed by atoms with Crippen molar-refractivity contribution in [3.63, 3.8) is 0 Å². The standard InChI is InChI=1S/C64H54N14O10/c1-37-57(71-69-53-15-5-7-17-55(53)85-3)63(73-65-37)75-67-49-31-45-27-41-11-9-13-43(61(41)87-35-39-19-23-51(24-20-39)77(81)82)29-47-33-50(68-76-64-58(38(2)66-74-64)72-70-54-16-6-8-18-56(54)86-4)34-48(60(47)80)30-44-14-10-12-42(28-46(32-49)59(45)79)62(44)88-36-40-21-25-52(26-22-40)78(83)84/h5-26,31-34,79-80H,27-30,35-36H2,1-4H3,(H,65,73)(H,66,74). The number of ether oxygens (including phenoxy) is 4. The molecule has 10 aromatic rings. The van der Waals surface area contributed by atoms with Crippen LogP contribution in [0.5, 0.6) is 34.5 Å². The summed E-state index contributed by atoms with van der Waals surface area (Å²) < 4.78 is 24.5. The molecule has 8 bridgehead atoms. The number of non-ortho nitro benzene ring substituents is 2. The Kier molecular flexibility index (Phi) is 17.1. The van der Waals surface area contributed by atoms with Gasteiger partial charge in [-0.1, -0.05) is 60.7 Å². The van der Waals surface area contributed by atoms with E-state index in [1.807, 2.05) is 60.7 Å². The molecular weight excluding hydrogens is 1120 g/mol. The molecule has 24 nitrogen and oxygen atoms in total. The normalized spacial score (nSPS) is 12.3. The van der Waals surface area contributed by atoms with E-state index < -0.39 is 9.85 Å². The van der Waals surface area contributed by atoms with Crippen LogP contribution in [0.2, 0.25) is 0 Å². The average molecular weight is 1180 g/mol. The number of nitro groups is 2. The quantitative estimate of drug-likeness (QED) is 0.0354. The van der Waals surface area contributed by atoms with Crippen LogP contribution in [0.3, 0.4) is 0 Å². The number of para-hydroxylation sites is 4. The minimum atomic E-state index is -0.472. The summed E-state index contributed by atoms with van der Waals surface area (Å²) in [5, 5.41) is 99.3. The lowest BCUT2D eigenvalue weighted by Crippen LogP contribution is -2.06. The van der Waals surface area contributed by atoms with Crippen molar-refractivity contribution in [1.82, 2.24) is 20.4 Å². The van der Waals surface area contributed by atoms with Crippen molar-refractivity contribution in [3.8, 4) is 34.5 Å². The number of aromatic amines is 2. The van der Waals surface area contributed by atoms with E-state index in [1.165, 1.54) is 24.3 Å². The highest BCUT2D eigenvalue weighted by Gasteiger charge is 2.24. The lowest BCUT2D eigenvalue weighted by atomic mass is 9.91. The van der Waals surface area contributed by atoms with Gasteiger partial charge < -0.3 is 29.2 Å². The van der Waals surface area contributed by atoms with Crippen LogP contribution in [0.25, 0.3) is 0 Å². The van der Waals surface area contributed by atoms with Gasteiger partial charge in [0.1, 0.15) is 59.1 Å². The molecule has 440 valence electrons. The Bertz CT molecular complexity index is 4020. The summed E-state index contributed by atoms with van der Waals surface area (Å²) in [6.45, 7) is 3.51. The summed E-state index contributed by atoms with van der Waals surface area (Å²) in [6, 6.07) is 44.6. The van der Waals surface area contributed by atoms with Gasteiger partial charge in [0.25, 0.3) is 11.4 Å². The molecule has 1 aliphatic rings. The molecule has 0 aliphatic heterocycles. The molecule has 0 fully saturated rings. The van der Waals surface area contributed by atoms with E-state index in [0.29, 0.717) is 124 Å². The molecular formula is C64H54N14O10. The molecule has 2 heterocycles. The Morgan fingerprint density at radius 1 is 0.455 bits per heavy atom. The average Bonchev–Trinajstić information content (AvgIpc) is 3.30. The van der Waals surface area contributed by atoms with Gasteiger partial charge in [-0.15, -0.1) is 40.9 Å². The van der Waals surface area contributed by atoms with Crippen molar-refractivity contribution < 1.29 is 39.0 Å². The maximum atomic E-state index is 12.6. The molecule has 0 amide bonds. The summed E-state index contributed by atoms with van der Waals surface area (Å²) in [4.78, 5) is 22.3. The Hall–Kier alpha value is -11.8. The largest absolute Gasteiger partial charge is 0.507 e. The van der Waals surface area contributed by atoms with Crippen LogP contribution in [0, 0.1) is 34.1 Å². The number of phenolic OH excluding ortho intramolecular Hbond substituents is 2. The van der Waals surface area contributed by atoms with Gasteiger partial charge in [0, 0.05) is 72.2 Å². The number of aromatic hydroxyl groups is 2. The first-order valence-corrected chi connectivity index (χ1v) is 27.4. The fourth-order valence-electron chi connectivity index (χ4n) is 9.96. The Labute approximate surface area is 502 Å². The van der Waals surface area contributed by atoms with Crippen molar-refractivity contribution in [2.45, 2.75) is 52.7 Å². The van der Waals surface area contributed by atoms with Crippen molar-refractivity contribution in [2.24, 2.45) is 40.9 Å². The smallest absolute Gasteiger partial charge is 0.269 e. The van der Waals surface area contributed by atoms with Gasteiger partial charge in [0.15, 0.2) is 23.0 Å². The highest BCUT2D eigenvalue weighted by molar-refractivity contribution is 5.64. The fraction of sp³-hybridized carbons (Fsp3) is 0.156. The second-order valence-electron chi connectivity index (χ2n) is 20.3. The number of hydrogen-bond donors (Lipinski definition) is 4. The number of nitro benzene ring substituents is 2. The number of azo groups is 4. The number of nitrogens with one attached hydrogen (secondary N) is 2. The third-order valence-corrected chi connectivity index (χ3v) is 14.5. The third-order valence-electron chi connectivity index (χ3n) is 14.5. The van der Waals surface area contributed by atoms with E-state index in [0.717, 1.165) is 0 Å². The molecule has 1 aliphatic carbocycles. The van der Waals surface area contributed by atoms with Crippen molar-refractivity contribution in [3.05, 3.63) is 245 Å². The molecule has 2 aromatic heterocycles. The van der Waals surface area contributed by atoms with Crippen LogP contribution in [0.4, 0.5) is 57.1 Å². The van der Waals surface area contributed by atoms with Gasteiger partial charge in [-0.2, -0.15) is 10.2 Å². The topological polar surface area (TPSA) is 320 Å². The highest BCUT2D eigenvalue weighted by atomic mass is 16.6. The fourth-order valence-corrected chi connectivity index (χ4v) is 9.96. The lowest BCUT2D eigenvalue weighted by Gasteiger charge is -2.21. The molecule has 0 radical (unpaired) electrons. The van der Waals surface area contributed by atoms with E-state index in [2.05, 4.69) is 51.1 Å². The van der Waals surface area contributed by atoms with E-state index >= 15 is 0 Å². The Balaban J connectivity index is 1.04. The number of fused-ring (bicyclic) bond motifs is 8. The molecule has 0 saturated heterocycles. The van der Waals surface area contributed by atoms with Gasteiger partial charge in [-0.3, -0.25) is 30.4 Å². The second kappa shape index (κ2) is 26.0. The summed E-state index contributed by atoms with van der Waals surface area (Å²) in [5.41, 5.74) is 8.87. The first kappa shape index (κ1) is 58.0. The van der Waals surface area contributed by atoms with Crippen molar-refractivity contribution >= 4 is 57.1 Å². The number of benzene rings is 8. The molecule has 0 atom stereocenters. The minimum Gasteiger partial charge on any atom is -0.507 e. The maximum absolute atomic E-state index is 12.6. The van der Waals surface area contributed by atoms with Crippen molar-refractivity contribution in [2.75, 3.05) is 14.2 Å². The lowest BCUT2D eigenvalue weighted by molar-refractivity contribution is -0.385. The van der Waals surface area contributed by atoms with Crippen LogP contribution < -0.4 is 18.9 Å². The summed E-state index contributed by atoms with van der Waals surface area (Å²) in [5.74, 6) is 2.26. The molecule has 4 N–H and O–H groups in total. The van der Waals surface area contributed by atoms with Crippen LogP contribution in [-0.4, -0.2) is 54.7 Å². The minimum absolute atomic E-state index is 0.00305. The number of hydrogen-bond acceptors (Lipinski definition) is 20. The van der Waals surface area contributed by atoms with Gasteiger partial charge in [-0.05, 0) is 120 Å². The predicted molar refractivity (Wildman–Crippen MR) is 325 cm³/mol. The SMILES string of the molecule is COc1ccccc1N=Nc1c(C)n[nH]c1N=Nc1cc2c(O)c(c1)Cc1cccc(c1OCc1ccc([N+](=O)[O-])cc1)Cc1cc(N=Nc3[nH]nc(C)c3N=Nc3ccccc3OC)cc(c1O)Cc1cccc(c1OCc1ccc([N+](=O)[O-])cc1)C2. The number of aryl methyl sites for hydroxylation is 2. The Morgan fingerprint density at radius 2 is 0.807 bits per heavy atom. The Morgan fingerprint density at radius 3 is 1.15 bits per heavy atom. The van der Waals surface area contributed by atoms with E-state index in [-0.39, 0.29) is 73.4 Å². The molecule has 88 heavy (non-hydrogen) atoms. The molecule has 0 unspecified atom stereocenters. The zero-order valence-electron chi connectivity index (χ0n) is 47.8. The number of methoxy groups -OCH3 is 2. The molecule has 24 heteroatoms. The van der Waals surface area contributed by atoms with Gasteiger partial charge in [0.05, 0.1) is 46.8 Å². The van der Waals surface area contributed by atoms with E-state index in [1.54, 1.807) is 101 Å². The van der Waals surface area contributed by atoms with Crippen LogP contribution in [0.15, 0.2) is 199 Å². The molecule has 8 aromatic carbocycles. The predicted octanol–water partition coefficient (Wildman–Crippen LogP) is 16.5. The van der Waals surface area contributed by atoms with E-state index in [4.69, 9.17) is 29.2 Å². The zero-order chi connectivity index (χ0) is 61.3. The van der Waals surface area contributed by atoms with Crippen LogP contribution >= 0.6 is 0 Å². The van der Waals surface area contributed by atoms with Gasteiger partial charge >= 0.3 is 0 Å². The summed E-state index contributed by atoms with van der Waals surface area (Å²) in [7, 11) is 3.09. The first-order valence-electron chi connectivity index (χ1n) is 27.4. The monoisotopic (exact) mass is 1180 g/mol. The van der Waals surface area contributed by atoms with E-state index in [9.17, 15) is 30.4 Å². The molecule has 11 rings (SSSR count). The van der Waals surface area contributed by atoms with Crippen molar-refractivity contribution in [1.29, 1.82) is 0 Å². The summed E-state index contributed by atoms with van der Waals surface area (Å²) >= 11 is 0. The number of rotatable bonds is 18. The van der Waals surface area contributed by atoms with Gasteiger partial charge in [0.2, 0.25) is 0 Å². The third kappa shape index (κ3) is 13.1. The number of aromatic nitrogens is 4. The second-order valence-corrected chi connectivity index (χ2v) is 20.3. The highest BCUT2D eigenvalue weighted by Crippen LogP contribution is 2.43. The zero-order valence-corrected chi connectivity index (χ0v) is 47.8. The number of H-pyrrole nitrogens is 2. The van der Waals surface area contributed by atoms with Crippen LogP contribution in [0.1, 0.15) is 67.0 Å². The molecule has 0 spiro atoms. The summed E-state index contributed by atoms with van der Waals surface area (Å²) in [6.07, 6.45) is 0.343. The first-order chi connectivity index (χ1) is 42.8. The van der Waals surface area contributed by atoms with Crippen LogP contribution in [-0.2, 0) is 38.9 Å². The van der Waals surface area contributed by atoms with Gasteiger partial charge in [-0.25, -0.2) is 0 Å². The maximum Gasteiger partial charge on any atom is 0.269 e. The molecule has 0 saturated carbocycles.